The zero-order chi connectivity index (χ0) is 21.4. The Labute approximate surface area is 162 Å². The molecule has 0 fully saturated rings. The standard InChI is InChI=1S/C17H13F3N4O4S/c1-11-3-5-13(24(25)26)10-16(11)29(27,28)22-14-9-12(17(18,19)20)4-6-15(14)23-8-2-7-21-23/h2-10,22H,1H3. The first-order chi connectivity index (χ1) is 13.5. The molecule has 0 aliphatic heterocycles. The molecule has 29 heavy (non-hydrogen) atoms. The maximum absolute atomic E-state index is 13.1. The van der Waals surface area contributed by atoms with E-state index in [9.17, 15) is 31.7 Å². The summed E-state index contributed by atoms with van der Waals surface area (Å²) < 4.78 is 68.4. The van der Waals surface area contributed by atoms with Gasteiger partial charge in [0.05, 0.1) is 26.8 Å². The number of halogens is 3. The minimum atomic E-state index is -4.70. The average molecular weight is 426 g/mol. The van der Waals surface area contributed by atoms with Crippen molar-refractivity contribution in [3.8, 4) is 5.69 Å². The SMILES string of the molecule is Cc1ccc([N+](=O)[O-])cc1S(=O)(=O)Nc1cc(C(F)(F)F)ccc1-n1cccn1. The summed E-state index contributed by atoms with van der Waals surface area (Å²) in [4.78, 5) is 9.78. The number of aryl methyl sites for hydroxylation is 1. The van der Waals surface area contributed by atoms with Gasteiger partial charge in [0, 0.05) is 24.5 Å². The molecule has 3 aromatic rings. The molecule has 0 atom stereocenters. The van der Waals surface area contributed by atoms with Crippen molar-refractivity contribution in [3.63, 3.8) is 0 Å². The van der Waals surface area contributed by atoms with Gasteiger partial charge in [-0.15, -0.1) is 0 Å². The summed E-state index contributed by atoms with van der Waals surface area (Å²) in [5.41, 5.74) is -1.67. The molecule has 1 N–H and O–H groups in total. The molecule has 0 radical (unpaired) electrons. The third kappa shape index (κ3) is 4.21. The molecular formula is C17H13F3N4O4S. The lowest BCUT2D eigenvalue weighted by Gasteiger charge is -2.16. The summed E-state index contributed by atoms with van der Waals surface area (Å²) >= 11 is 0. The molecule has 1 heterocycles. The summed E-state index contributed by atoms with van der Waals surface area (Å²) in [7, 11) is -4.44. The molecule has 12 heteroatoms. The molecule has 0 aliphatic carbocycles. The van der Waals surface area contributed by atoms with E-state index in [4.69, 9.17) is 0 Å². The molecule has 0 unspecified atom stereocenters. The number of hydrogen-bond acceptors (Lipinski definition) is 5. The zero-order valence-electron chi connectivity index (χ0n) is 14.7. The van der Waals surface area contributed by atoms with E-state index >= 15 is 0 Å². The van der Waals surface area contributed by atoms with Crippen LogP contribution in [0.5, 0.6) is 0 Å². The Bertz CT molecular complexity index is 1180. The maximum atomic E-state index is 13.1. The second-order valence-corrected chi connectivity index (χ2v) is 7.64. The second-order valence-electron chi connectivity index (χ2n) is 5.99. The van der Waals surface area contributed by atoms with Crippen molar-refractivity contribution in [2.75, 3.05) is 4.72 Å². The summed E-state index contributed by atoms with van der Waals surface area (Å²) in [6, 6.07) is 7.25. The molecule has 0 saturated heterocycles. The lowest BCUT2D eigenvalue weighted by Crippen LogP contribution is -2.17. The van der Waals surface area contributed by atoms with Gasteiger partial charge in [0.1, 0.15) is 0 Å². The molecule has 0 amide bonds. The van der Waals surface area contributed by atoms with Gasteiger partial charge < -0.3 is 0 Å². The monoisotopic (exact) mass is 426 g/mol. The normalized spacial score (nSPS) is 12.0. The maximum Gasteiger partial charge on any atom is 0.416 e. The Hall–Kier alpha value is -3.41. The van der Waals surface area contributed by atoms with Crippen LogP contribution in [0.25, 0.3) is 5.69 Å². The first kappa shape index (κ1) is 20.3. The van der Waals surface area contributed by atoms with E-state index in [0.717, 1.165) is 24.3 Å². The lowest BCUT2D eigenvalue weighted by molar-refractivity contribution is -0.385. The molecule has 1 aromatic heterocycles. The van der Waals surface area contributed by atoms with Crippen LogP contribution in [0.2, 0.25) is 0 Å². The minimum absolute atomic E-state index is 0.0506. The number of benzene rings is 2. The van der Waals surface area contributed by atoms with Crippen molar-refractivity contribution in [2.24, 2.45) is 0 Å². The number of alkyl halides is 3. The fourth-order valence-electron chi connectivity index (χ4n) is 2.60. The highest BCUT2D eigenvalue weighted by atomic mass is 32.2. The first-order valence-electron chi connectivity index (χ1n) is 7.98. The lowest BCUT2D eigenvalue weighted by atomic mass is 10.1. The van der Waals surface area contributed by atoms with Crippen LogP contribution < -0.4 is 4.72 Å². The molecule has 8 nitrogen and oxygen atoms in total. The van der Waals surface area contributed by atoms with Crippen molar-refractivity contribution in [2.45, 2.75) is 18.0 Å². The number of non-ortho nitro benzene ring substituents is 1. The first-order valence-corrected chi connectivity index (χ1v) is 9.46. The van der Waals surface area contributed by atoms with Crippen molar-refractivity contribution >= 4 is 21.4 Å². The number of nitrogens with one attached hydrogen (secondary N) is 1. The van der Waals surface area contributed by atoms with Crippen molar-refractivity contribution in [1.82, 2.24) is 9.78 Å². The van der Waals surface area contributed by atoms with E-state index in [0.29, 0.717) is 6.07 Å². The van der Waals surface area contributed by atoms with Gasteiger partial charge in [0.2, 0.25) is 0 Å². The van der Waals surface area contributed by atoms with Gasteiger partial charge in [0.15, 0.2) is 0 Å². The van der Waals surface area contributed by atoms with Gasteiger partial charge in [0.25, 0.3) is 15.7 Å². The average Bonchev–Trinajstić information content (AvgIpc) is 3.15. The molecule has 0 saturated carbocycles. The number of hydrogen-bond donors (Lipinski definition) is 1. The van der Waals surface area contributed by atoms with Crippen LogP contribution >= 0.6 is 0 Å². The highest BCUT2D eigenvalue weighted by Crippen LogP contribution is 2.34. The van der Waals surface area contributed by atoms with E-state index < -0.39 is 37.3 Å². The molecule has 152 valence electrons. The van der Waals surface area contributed by atoms with Gasteiger partial charge in [-0.2, -0.15) is 18.3 Å². The van der Waals surface area contributed by atoms with Crippen LogP contribution in [-0.4, -0.2) is 23.1 Å². The molecule has 3 rings (SSSR count). The van der Waals surface area contributed by atoms with E-state index in [-0.39, 0.29) is 16.9 Å². The predicted molar refractivity (Wildman–Crippen MR) is 97.2 cm³/mol. The summed E-state index contributed by atoms with van der Waals surface area (Å²) in [5, 5.41) is 14.9. The van der Waals surface area contributed by atoms with Crippen molar-refractivity contribution < 1.29 is 26.5 Å². The third-order valence-corrected chi connectivity index (χ3v) is 5.50. The summed E-state index contributed by atoms with van der Waals surface area (Å²) in [6.07, 6.45) is -1.90. The number of sulfonamides is 1. The van der Waals surface area contributed by atoms with Crippen LogP contribution in [0.3, 0.4) is 0 Å². The summed E-state index contributed by atoms with van der Waals surface area (Å²) in [6.45, 7) is 1.42. The van der Waals surface area contributed by atoms with E-state index in [1.807, 2.05) is 0 Å². The Kier molecular flexibility index (Phi) is 5.05. The smallest absolute Gasteiger partial charge is 0.277 e. The van der Waals surface area contributed by atoms with Crippen molar-refractivity contribution in [1.29, 1.82) is 0 Å². The van der Waals surface area contributed by atoms with Crippen LogP contribution in [-0.2, 0) is 16.2 Å². The Morgan fingerprint density at radius 3 is 2.48 bits per heavy atom. The van der Waals surface area contributed by atoms with Gasteiger partial charge in [-0.3, -0.25) is 14.8 Å². The highest BCUT2D eigenvalue weighted by Gasteiger charge is 2.32. The van der Waals surface area contributed by atoms with Gasteiger partial charge >= 0.3 is 6.18 Å². The molecule has 0 aliphatic rings. The molecular weight excluding hydrogens is 413 g/mol. The number of nitro groups is 1. The minimum Gasteiger partial charge on any atom is -0.277 e. The van der Waals surface area contributed by atoms with Crippen LogP contribution in [0, 0.1) is 17.0 Å². The highest BCUT2D eigenvalue weighted by molar-refractivity contribution is 7.92. The quantitative estimate of drug-likeness (QED) is 0.492. The number of rotatable bonds is 5. The Morgan fingerprint density at radius 1 is 1.17 bits per heavy atom. The topological polar surface area (TPSA) is 107 Å². The number of nitro benzene ring substituents is 1. The molecule has 2 aromatic carbocycles. The van der Waals surface area contributed by atoms with Gasteiger partial charge in [-0.25, -0.2) is 13.1 Å². The number of aromatic nitrogens is 2. The summed E-state index contributed by atoms with van der Waals surface area (Å²) in [5.74, 6) is 0. The second kappa shape index (κ2) is 7.20. The molecule has 0 bridgehead atoms. The fraction of sp³-hybridized carbons (Fsp3) is 0.118. The van der Waals surface area contributed by atoms with Crippen LogP contribution in [0.4, 0.5) is 24.5 Å². The van der Waals surface area contributed by atoms with E-state index in [2.05, 4.69) is 9.82 Å². The van der Waals surface area contributed by atoms with Gasteiger partial charge in [-0.1, -0.05) is 6.07 Å². The third-order valence-electron chi connectivity index (χ3n) is 3.99. The Morgan fingerprint density at radius 2 is 1.90 bits per heavy atom. The largest absolute Gasteiger partial charge is 0.416 e. The van der Waals surface area contributed by atoms with Gasteiger partial charge in [-0.05, 0) is 36.8 Å². The zero-order valence-corrected chi connectivity index (χ0v) is 15.5. The Balaban J connectivity index is 2.13. The number of nitrogens with zero attached hydrogens (tertiary/aromatic N) is 3. The van der Waals surface area contributed by atoms with Crippen LogP contribution in [0.1, 0.15) is 11.1 Å². The van der Waals surface area contributed by atoms with E-state index in [1.165, 1.54) is 36.1 Å². The fourth-order valence-corrected chi connectivity index (χ4v) is 3.93. The van der Waals surface area contributed by atoms with E-state index in [1.54, 1.807) is 0 Å². The van der Waals surface area contributed by atoms with Crippen LogP contribution in [0.15, 0.2) is 59.8 Å². The predicted octanol–water partition coefficient (Wildman–Crippen LogP) is 3.91. The number of anilines is 1. The molecule has 0 spiro atoms. The van der Waals surface area contributed by atoms with Crippen molar-refractivity contribution in [3.05, 3.63) is 76.1 Å².